The van der Waals surface area contributed by atoms with Crippen molar-refractivity contribution in [2.45, 2.75) is 55.9 Å². The van der Waals surface area contributed by atoms with Gasteiger partial charge in [0.25, 0.3) is 5.91 Å². The normalized spacial score (nSPS) is 17.7. The van der Waals surface area contributed by atoms with E-state index < -0.39 is 10.0 Å². The van der Waals surface area contributed by atoms with Crippen LogP contribution in [0.3, 0.4) is 0 Å². The molecule has 1 fully saturated rings. The Labute approximate surface area is 157 Å². The van der Waals surface area contributed by atoms with Gasteiger partial charge in [0.15, 0.2) is 0 Å². The fourth-order valence-electron chi connectivity index (χ4n) is 3.57. The summed E-state index contributed by atoms with van der Waals surface area (Å²) in [6.45, 7) is 2.67. The lowest BCUT2D eigenvalue weighted by atomic mass is 9.88. The standard InChI is InChI=1S/C19H31N3O3S/c1-4-21-26(24,25)17-11-9-16(10-12-17)18(23)20-15-19(22(2)3)13-7-5-6-8-14-19/h9-12,21H,4-8,13-15H2,1-3H3,(H,20,23). The Hall–Kier alpha value is -1.44. The minimum atomic E-state index is -3.50. The molecule has 1 amide bonds. The lowest BCUT2D eigenvalue weighted by Gasteiger charge is -2.39. The second-order valence-corrected chi connectivity index (χ2v) is 9.01. The molecular formula is C19H31N3O3S. The number of carbonyl (C=O) groups excluding carboxylic acids is 1. The molecule has 0 saturated heterocycles. The van der Waals surface area contributed by atoms with Crippen LogP contribution in [0.4, 0.5) is 0 Å². The average Bonchev–Trinajstić information content (AvgIpc) is 2.86. The van der Waals surface area contributed by atoms with Crippen molar-refractivity contribution in [1.82, 2.24) is 14.9 Å². The fraction of sp³-hybridized carbons (Fsp3) is 0.632. The average molecular weight is 382 g/mol. The molecule has 0 unspecified atom stereocenters. The number of hydrogen-bond donors (Lipinski definition) is 2. The first-order valence-corrected chi connectivity index (χ1v) is 10.8. The molecule has 0 radical (unpaired) electrons. The van der Waals surface area contributed by atoms with Gasteiger partial charge in [0.2, 0.25) is 10.0 Å². The van der Waals surface area contributed by atoms with Crippen LogP contribution < -0.4 is 10.0 Å². The topological polar surface area (TPSA) is 78.5 Å². The van der Waals surface area contributed by atoms with Crippen molar-refractivity contribution < 1.29 is 13.2 Å². The fourth-order valence-corrected chi connectivity index (χ4v) is 4.62. The van der Waals surface area contributed by atoms with Gasteiger partial charge in [-0.25, -0.2) is 13.1 Å². The van der Waals surface area contributed by atoms with E-state index in [0.29, 0.717) is 18.7 Å². The second-order valence-electron chi connectivity index (χ2n) is 7.24. The number of rotatable bonds is 7. The van der Waals surface area contributed by atoms with Crippen LogP contribution >= 0.6 is 0 Å². The smallest absolute Gasteiger partial charge is 0.251 e. The Morgan fingerprint density at radius 2 is 1.65 bits per heavy atom. The molecule has 6 nitrogen and oxygen atoms in total. The molecule has 0 atom stereocenters. The highest BCUT2D eigenvalue weighted by atomic mass is 32.2. The van der Waals surface area contributed by atoms with E-state index in [1.807, 2.05) is 0 Å². The molecule has 1 aromatic carbocycles. The van der Waals surface area contributed by atoms with Gasteiger partial charge in [-0.05, 0) is 51.2 Å². The third kappa shape index (κ3) is 5.05. The molecule has 0 heterocycles. The van der Waals surface area contributed by atoms with Crippen molar-refractivity contribution in [3.63, 3.8) is 0 Å². The van der Waals surface area contributed by atoms with Crippen molar-refractivity contribution in [3.05, 3.63) is 29.8 Å². The summed E-state index contributed by atoms with van der Waals surface area (Å²) < 4.78 is 26.4. The van der Waals surface area contributed by atoms with Crippen molar-refractivity contribution in [1.29, 1.82) is 0 Å². The summed E-state index contributed by atoms with van der Waals surface area (Å²) in [6, 6.07) is 6.07. The first-order valence-electron chi connectivity index (χ1n) is 9.36. The van der Waals surface area contributed by atoms with Crippen molar-refractivity contribution >= 4 is 15.9 Å². The van der Waals surface area contributed by atoms with E-state index in [4.69, 9.17) is 0 Å². The lowest BCUT2D eigenvalue weighted by Crippen LogP contribution is -2.52. The van der Waals surface area contributed by atoms with E-state index in [1.165, 1.54) is 37.8 Å². The van der Waals surface area contributed by atoms with Gasteiger partial charge in [-0.15, -0.1) is 0 Å². The summed E-state index contributed by atoms with van der Waals surface area (Å²) in [5.74, 6) is -0.164. The monoisotopic (exact) mass is 381 g/mol. The SMILES string of the molecule is CCNS(=O)(=O)c1ccc(C(=O)NCC2(N(C)C)CCCCCC2)cc1. The molecule has 1 aliphatic carbocycles. The van der Waals surface area contributed by atoms with Crippen molar-refractivity contribution in [2.75, 3.05) is 27.2 Å². The summed E-state index contributed by atoms with van der Waals surface area (Å²) in [7, 11) is 0.667. The predicted octanol–water partition coefficient (Wildman–Crippen LogP) is 2.37. The Morgan fingerprint density at radius 1 is 1.08 bits per heavy atom. The van der Waals surface area contributed by atoms with Gasteiger partial charge in [-0.3, -0.25) is 4.79 Å². The lowest BCUT2D eigenvalue weighted by molar-refractivity contribution is 0.0869. The van der Waals surface area contributed by atoms with Gasteiger partial charge in [0.05, 0.1) is 4.90 Å². The zero-order valence-corrected chi connectivity index (χ0v) is 16.9. The Morgan fingerprint density at radius 3 is 2.15 bits per heavy atom. The predicted molar refractivity (Wildman–Crippen MR) is 104 cm³/mol. The van der Waals surface area contributed by atoms with Crippen LogP contribution in [-0.4, -0.2) is 51.9 Å². The Kier molecular flexibility index (Phi) is 7.20. The number of likely N-dealkylation sites (N-methyl/N-ethyl adjacent to an activating group) is 1. The zero-order valence-electron chi connectivity index (χ0n) is 16.0. The molecule has 0 aromatic heterocycles. The zero-order chi connectivity index (χ0) is 19.2. The van der Waals surface area contributed by atoms with Crippen molar-refractivity contribution in [3.8, 4) is 0 Å². The number of benzene rings is 1. The van der Waals surface area contributed by atoms with Crippen LogP contribution in [0.5, 0.6) is 0 Å². The number of hydrogen-bond acceptors (Lipinski definition) is 4. The van der Waals surface area contributed by atoms with Crippen LogP contribution in [0.25, 0.3) is 0 Å². The van der Waals surface area contributed by atoms with Crippen LogP contribution in [0.2, 0.25) is 0 Å². The third-order valence-corrected chi connectivity index (χ3v) is 6.88. The van der Waals surface area contributed by atoms with Gasteiger partial charge >= 0.3 is 0 Å². The first-order chi connectivity index (χ1) is 12.3. The molecule has 1 aromatic rings. The number of carbonyl (C=O) groups is 1. The maximum atomic E-state index is 12.5. The van der Waals surface area contributed by atoms with Crippen molar-refractivity contribution in [2.24, 2.45) is 0 Å². The Balaban J connectivity index is 2.05. The molecule has 2 rings (SSSR count). The van der Waals surface area contributed by atoms with Gasteiger partial charge in [-0.2, -0.15) is 0 Å². The summed E-state index contributed by atoms with van der Waals surface area (Å²) in [5.41, 5.74) is 0.475. The van der Waals surface area contributed by atoms with E-state index in [2.05, 4.69) is 29.0 Å². The largest absolute Gasteiger partial charge is 0.350 e. The molecule has 26 heavy (non-hydrogen) atoms. The molecular weight excluding hydrogens is 350 g/mol. The number of amides is 1. The minimum absolute atomic E-state index is 0.000482. The summed E-state index contributed by atoms with van der Waals surface area (Å²) in [4.78, 5) is 14.9. The molecule has 0 bridgehead atoms. The summed E-state index contributed by atoms with van der Waals surface area (Å²) >= 11 is 0. The molecule has 1 aliphatic rings. The number of nitrogens with one attached hydrogen (secondary N) is 2. The van der Waals surface area contributed by atoms with Crippen LogP contribution in [0.15, 0.2) is 29.2 Å². The highest BCUT2D eigenvalue weighted by molar-refractivity contribution is 7.89. The third-order valence-electron chi connectivity index (χ3n) is 5.32. The van der Waals surface area contributed by atoms with Gasteiger partial charge in [-0.1, -0.05) is 32.6 Å². The molecule has 2 N–H and O–H groups in total. The van der Waals surface area contributed by atoms with E-state index in [0.717, 1.165) is 12.8 Å². The maximum Gasteiger partial charge on any atom is 0.251 e. The van der Waals surface area contributed by atoms with E-state index in [9.17, 15) is 13.2 Å². The van der Waals surface area contributed by atoms with Gasteiger partial charge in [0.1, 0.15) is 0 Å². The maximum absolute atomic E-state index is 12.5. The molecule has 146 valence electrons. The Bertz CT molecular complexity index is 691. The van der Waals surface area contributed by atoms with Crippen LogP contribution in [-0.2, 0) is 10.0 Å². The molecule has 7 heteroatoms. The van der Waals surface area contributed by atoms with E-state index in [-0.39, 0.29) is 16.3 Å². The number of nitrogens with zero attached hydrogens (tertiary/aromatic N) is 1. The number of sulfonamides is 1. The van der Waals surface area contributed by atoms with E-state index >= 15 is 0 Å². The molecule has 1 saturated carbocycles. The highest BCUT2D eigenvalue weighted by Gasteiger charge is 2.33. The second kappa shape index (κ2) is 8.97. The van der Waals surface area contributed by atoms with Gasteiger partial charge < -0.3 is 10.2 Å². The van der Waals surface area contributed by atoms with Crippen LogP contribution in [0, 0.1) is 0 Å². The first kappa shape index (κ1) is 20.9. The summed E-state index contributed by atoms with van der Waals surface area (Å²) in [6.07, 6.45) is 7.05. The van der Waals surface area contributed by atoms with E-state index in [1.54, 1.807) is 19.1 Å². The molecule has 0 spiro atoms. The quantitative estimate of drug-likeness (QED) is 0.711. The minimum Gasteiger partial charge on any atom is -0.350 e. The highest BCUT2D eigenvalue weighted by Crippen LogP contribution is 2.30. The molecule has 0 aliphatic heterocycles. The van der Waals surface area contributed by atoms with Gasteiger partial charge in [0, 0.05) is 24.2 Å². The summed E-state index contributed by atoms with van der Waals surface area (Å²) in [5, 5.41) is 3.06. The van der Waals surface area contributed by atoms with Crippen LogP contribution in [0.1, 0.15) is 55.8 Å².